The number of pyridine rings is 1. The molecule has 1 aliphatic heterocycles. The summed E-state index contributed by atoms with van der Waals surface area (Å²) in [5.41, 5.74) is 2.45. The van der Waals surface area contributed by atoms with Gasteiger partial charge in [-0.05, 0) is 42.0 Å². The lowest BCUT2D eigenvalue weighted by Crippen LogP contribution is -2.66. The lowest BCUT2D eigenvalue weighted by Gasteiger charge is -2.52. The van der Waals surface area contributed by atoms with Crippen LogP contribution in [-0.4, -0.2) is 52.7 Å². The van der Waals surface area contributed by atoms with Crippen LogP contribution in [0.4, 0.5) is 13.2 Å². The number of aromatic hydroxyl groups is 1. The molecule has 38 heavy (non-hydrogen) atoms. The molecule has 0 saturated heterocycles. The van der Waals surface area contributed by atoms with E-state index in [2.05, 4.69) is 0 Å². The van der Waals surface area contributed by atoms with E-state index in [1.165, 1.54) is 18.0 Å². The van der Waals surface area contributed by atoms with Crippen LogP contribution >= 0.6 is 0 Å². The summed E-state index contributed by atoms with van der Waals surface area (Å²) in [4.78, 5) is 26.8. The largest absolute Gasteiger partial charge is 0.502 e. The zero-order chi connectivity index (χ0) is 27.2. The Morgan fingerprint density at radius 3 is 2.13 bits per heavy atom. The SMILES string of the molecule is COCC[C@@H]1N([C@H](C)C(F)(F)F)C(=O)c2c(O)c(=O)ccn2N1C1c2ccccc2CCc2ccccc21. The molecule has 1 N–H and O–H groups in total. The summed E-state index contributed by atoms with van der Waals surface area (Å²) in [6.07, 6.45) is -3.01. The summed E-state index contributed by atoms with van der Waals surface area (Å²) in [5, 5.41) is 12.4. The van der Waals surface area contributed by atoms with E-state index in [-0.39, 0.29) is 13.0 Å². The predicted molar refractivity (Wildman–Crippen MR) is 135 cm³/mol. The number of carbonyl (C=O) groups excluding carboxylic acids is 1. The minimum Gasteiger partial charge on any atom is -0.502 e. The first-order chi connectivity index (χ1) is 18.1. The maximum Gasteiger partial charge on any atom is 0.408 e. The Morgan fingerprint density at radius 2 is 1.58 bits per heavy atom. The maximum atomic E-state index is 14.2. The fraction of sp³-hybridized carbons (Fsp3) is 0.357. The first-order valence-electron chi connectivity index (χ1n) is 12.4. The Morgan fingerprint density at radius 1 is 1.00 bits per heavy atom. The van der Waals surface area contributed by atoms with Crippen LogP contribution in [0.25, 0.3) is 0 Å². The number of hydrogen-bond acceptors (Lipinski definition) is 5. The number of benzene rings is 2. The van der Waals surface area contributed by atoms with Crippen molar-refractivity contribution >= 4 is 5.91 Å². The Bertz CT molecular complexity index is 1370. The van der Waals surface area contributed by atoms with Gasteiger partial charge >= 0.3 is 6.18 Å². The monoisotopic (exact) mass is 527 g/mol. The molecule has 5 rings (SSSR count). The van der Waals surface area contributed by atoms with Gasteiger partial charge in [-0.3, -0.25) is 19.3 Å². The van der Waals surface area contributed by atoms with Gasteiger partial charge in [0.25, 0.3) is 5.91 Å². The molecule has 1 aliphatic carbocycles. The van der Waals surface area contributed by atoms with E-state index < -0.39 is 47.2 Å². The van der Waals surface area contributed by atoms with Gasteiger partial charge < -0.3 is 14.7 Å². The van der Waals surface area contributed by atoms with Crippen LogP contribution in [0.5, 0.6) is 5.75 Å². The topological polar surface area (TPSA) is 75.0 Å². The average Bonchev–Trinajstić information content (AvgIpc) is 3.05. The molecular formula is C28H28F3N3O4. The van der Waals surface area contributed by atoms with Crippen molar-refractivity contribution in [1.82, 2.24) is 9.58 Å². The van der Waals surface area contributed by atoms with Crippen molar-refractivity contribution in [2.45, 2.75) is 50.6 Å². The van der Waals surface area contributed by atoms with E-state index in [0.29, 0.717) is 0 Å². The van der Waals surface area contributed by atoms with Crippen LogP contribution < -0.4 is 10.4 Å². The van der Waals surface area contributed by atoms with Crippen LogP contribution in [-0.2, 0) is 17.6 Å². The molecule has 0 fully saturated rings. The summed E-state index contributed by atoms with van der Waals surface area (Å²) in [7, 11) is 1.44. The second kappa shape index (κ2) is 9.83. The standard InChI is InChI=1S/C28H28F3N3O4/c1-17(28(29,30)31)33-23(14-16-38-2)34(32-15-13-22(35)26(36)25(32)27(33)37)24-20-9-5-3-7-18(20)11-12-19-8-4-6-10-21(19)24/h3-10,13,15,17,23-24,36H,11-12,14,16H2,1-2H3/t17-,23-/m1/s1. The Balaban J connectivity index is 1.84. The van der Waals surface area contributed by atoms with Gasteiger partial charge in [0.05, 0.1) is 6.04 Å². The fourth-order valence-electron chi connectivity index (χ4n) is 5.60. The third-order valence-electron chi connectivity index (χ3n) is 7.46. The van der Waals surface area contributed by atoms with E-state index in [1.54, 1.807) is 5.01 Å². The number of carbonyl (C=O) groups is 1. The quantitative estimate of drug-likeness (QED) is 0.540. The first kappa shape index (κ1) is 25.8. The molecule has 2 aromatic carbocycles. The minimum absolute atomic E-state index is 0.0514. The Kier molecular flexibility index (Phi) is 6.68. The molecular weight excluding hydrogens is 499 g/mol. The lowest BCUT2D eigenvalue weighted by atomic mass is 9.92. The summed E-state index contributed by atoms with van der Waals surface area (Å²) < 4.78 is 49.2. The van der Waals surface area contributed by atoms with Gasteiger partial charge in [0.1, 0.15) is 12.2 Å². The smallest absolute Gasteiger partial charge is 0.408 e. The minimum atomic E-state index is -4.75. The molecule has 7 nitrogen and oxygen atoms in total. The normalized spacial score (nSPS) is 18.4. The molecule has 0 unspecified atom stereocenters. The molecule has 2 atom stereocenters. The number of methoxy groups -OCH3 is 1. The highest BCUT2D eigenvalue weighted by molar-refractivity contribution is 5.96. The Hall–Kier alpha value is -3.79. The number of ether oxygens (including phenoxy) is 1. The Labute approximate surface area is 217 Å². The predicted octanol–water partition coefficient (Wildman–Crippen LogP) is 4.15. The van der Waals surface area contributed by atoms with Crippen molar-refractivity contribution in [1.29, 1.82) is 0 Å². The maximum absolute atomic E-state index is 14.2. The highest BCUT2D eigenvalue weighted by Gasteiger charge is 2.51. The summed E-state index contributed by atoms with van der Waals surface area (Å²) in [6.45, 7) is 0.992. The molecule has 0 bridgehead atoms. The summed E-state index contributed by atoms with van der Waals surface area (Å²) in [6, 6.07) is 13.7. The summed E-state index contributed by atoms with van der Waals surface area (Å²) >= 11 is 0. The molecule has 0 spiro atoms. The third kappa shape index (κ3) is 4.22. The van der Waals surface area contributed by atoms with Crippen LogP contribution in [0.15, 0.2) is 65.6 Å². The highest BCUT2D eigenvalue weighted by Crippen LogP contribution is 2.42. The second-order valence-electron chi connectivity index (χ2n) is 9.59. The molecule has 1 amide bonds. The molecule has 10 heteroatoms. The average molecular weight is 528 g/mol. The van der Waals surface area contributed by atoms with Gasteiger partial charge in [-0.1, -0.05) is 48.5 Å². The number of aromatic nitrogens is 1. The van der Waals surface area contributed by atoms with E-state index in [0.717, 1.165) is 53.0 Å². The fourth-order valence-corrected chi connectivity index (χ4v) is 5.60. The van der Waals surface area contributed by atoms with Gasteiger partial charge in [0.15, 0.2) is 11.4 Å². The van der Waals surface area contributed by atoms with Gasteiger partial charge in [-0.2, -0.15) is 13.2 Å². The molecule has 3 aromatic rings. The van der Waals surface area contributed by atoms with Gasteiger partial charge in [-0.25, -0.2) is 0 Å². The number of amides is 1. The number of hydrogen-bond donors (Lipinski definition) is 1. The molecule has 2 aliphatic rings. The molecule has 0 saturated carbocycles. The molecule has 2 heterocycles. The van der Waals surface area contributed by atoms with Crippen LogP contribution in [0.1, 0.15) is 52.1 Å². The van der Waals surface area contributed by atoms with Crippen molar-refractivity contribution in [3.8, 4) is 5.75 Å². The number of alkyl halides is 3. The molecule has 0 radical (unpaired) electrons. The summed E-state index contributed by atoms with van der Waals surface area (Å²) in [5.74, 6) is -1.96. The van der Waals surface area contributed by atoms with E-state index in [9.17, 15) is 27.9 Å². The van der Waals surface area contributed by atoms with Crippen LogP contribution in [0.2, 0.25) is 0 Å². The van der Waals surface area contributed by atoms with Crippen molar-refractivity contribution < 1.29 is 27.8 Å². The number of aryl methyl sites for hydroxylation is 2. The highest BCUT2D eigenvalue weighted by atomic mass is 19.4. The zero-order valence-electron chi connectivity index (χ0n) is 21.0. The lowest BCUT2D eigenvalue weighted by molar-refractivity contribution is -0.179. The van der Waals surface area contributed by atoms with Gasteiger partial charge in [-0.15, -0.1) is 0 Å². The number of halogens is 3. The zero-order valence-corrected chi connectivity index (χ0v) is 21.0. The van der Waals surface area contributed by atoms with Gasteiger partial charge in [0.2, 0.25) is 5.43 Å². The number of nitrogens with zero attached hydrogens (tertiary/aromatic N) is 3. The molecule has 1 aromatic heterocycles. The van der Waals surface area contributed by atoms with E-state index in [4.69, 9.17) is 4.74 Å². The van der Waals surface area contributed by atoms with Crippen LogP contribution in [0.3, 0.4) is 0 Å². The van der Waals surface area contributed by atoms with Gasteiger partial charge in [0, 0.05) is 32.4 Å². The second-order valence-corrected chi connectivity index (χ2v) is 9.59. The van der Waals surface area contributed by atoms with Crippen molar-refractivity contribution in [2.75, 3.05) is 18.7 Å². The van der Waals surface area contributed by atoms with E-state index in [1.807, 2.05) is 48.5 Å². The van der Waals surface area contributed by atoms with Crippen molar-refractivity contribution in [3.63, 3.8) is 0 Å². The van der Waals surface area contributed by atoms with E-state index >= 15 is 0 Å². The third-order valence-corrected chi connectivity index (χ3v) is 7.46. The van der Waals surface area contributed by atoms with Crippen molar-refractivity contribution in [2.24, 2.45) is 0 Å². The number of fused-ring (bicyclic) bond motifs is 3. The first-order valence-corrected chi connectivity index (χ1v) is 12.4. The van der Waals surface area contributed by atoms with Crippen molar-refractivity contribution in [3.05, 3.63) is 99.0 Å². The van der Waals surface area contributed by atoms with Crippen LogP contribution in [0, 0.1) is 0 Å². The number of rotatable bonds is 5. The molecule has 200 valence electrons.